The minimum absolute atomic E-state index is 0.118. The molecule has 134 valence electrons. The second kappa shape index (κ2) is 8.72. The Morgan fingerprint density at radius 1 is 1.32 bits per heavy atom. The second-order valence-electron chi connectivity index (χ2n) is 5.25. The van der Waals surface area contributed by atoms with Gasteiger partial charge >= 0.3 is 0 Å². The first kappa shape index (κ1) is 18.3. The number of amides is 1. The number of halogens is 1. The Morgan fingerprint density at radius 3 is 2.64 bits per heavy atom. The summed E-state index contributed by atoms with van der Waals surface area (Å²) in [6.45, 7) is 1.35. The molecule has 7 nitrogen and oxygen atoms in total. The number of carbonyl (C=O) groups is 1. The minimum atomic E-state index is -0.606. The number of likely N-dealkylation sites (N-methyl/N-ethyl adjacent to an activating group) is 1. The molecule has 0 radical (unpaired) electrons. The average molecular weight is 348 g/mol. The van der Waals surface area contributed by atoms with Gasteiger partial charge in [0.25, 0.3) is 5.91 Å². The highest BCUT2D eigenvalue weighted by Gasteiger charge is 2.10. The first-order valence-corrected chi connectivity index (χ1v) is 7.68. The van der Waals surface area contributed by atoms with E-state index >= 15 is 0 Å². The molecular formula is C17H21FN4O3. The van der Waals surface area contributed by atoms with Crippen molar-refractivity contribution in [2.24, 2.45) is 10.7 Å². The van der Waals surface area contributed by atoms with Gasteiger partial charge in [0, 0.05) is 14.1 Å². The summed E-state index contributed by atoms with van der Waals surface area (Å²) in [5.41, 5.74) is 5.15. The topological polar surface area (TPSA) is 93.1 Å². The molecule has 0 saturated heterocycles. The number of primary amides is 1. The molecule has 0 fully saturated rings. The van der Waals surface area contributed by atoms with Gasteiger partial charge in [-0.25, -0.2) is 4.39 Å². The van der Waals surface area contributed by atoms with Gasteiger partial charge in [0.2, 0.25) is 0 Å². The Hall–Kier alpha value is -3.03. The number of aliphatic imine (C=N–C) groups is 1. The van der Waals surface area contributed by atoms with Gasteiger partial charge in [-0.1, -0.05) is 0 Å². The van der Waals surface area contributed by atoms with Crippen molar-refractivity contribution in [3.05, 3.63) is 53.7 Å². The molecule has 1 aromatic heterocycles. The third-order valence-electron chi connectivity index (χ3n) is 3.41. The highest BCUT2D eigenvalue weighted by atomic mass is 19.1. The summed E-state index contributed by atoms with van der Waals surface area (Å²) in [6.07, 6.45) is 0. The number of rotatable bonds is 7. The number of benzene rings is 1. The van der Waals surface area contributed by atoms with E-state index < -0.39 is 5.91 Å². The fourth-order valence-electron chi connectivity index (χ4n) is 2.09. The molecule has 0 unspecified atom stereocenters. The Morgan fingerprint density at radius 2 is 2.04 bits per heavy atom. The maximum Gasteiger partial charge on any atom is 0.284 e. The van der Waals surface area contributed by atoms with Gasteiger partial charge in [-0.2, -0.15) is 0 Å². The van der Waals surface area contributed by atoms with Gasteiger partial charge < -0.3 is 25.1 Å². The van der Waals surface area contributed by atoms with Gasteiger partial charge in [0.05, 0.1) is 13.1 Å². The highest BCUT2D eigenvalue weighted by molar-refractivity contribution is 5.89. The molecule has 0 spiro atoms. The van der Waals surface area contributed by atoms with Crippen molar-refractivity contribution in [3.8, 4) is 5.75 Å². The lowest BCUT2D eigenvalue weighted by molar-refractivity contribution is 0.0972. The second-order valence-corrected chi connectivity index (χ2v) is 5.25. The lowest BCUT2D eigenvalue weighted by Crippen LogP contribution is -2.40. The number of ether oxygens (including phenoxy) is 1. The zero-order valence-corrected chi connectivity index (χ0v) is 14.2. The van der Waals surface area contributed by atoms with E-state index in [0.29, 0.717) is 37.2 Å². The predicted octanol–water partition coefficient (Wildman–Crippen LogP) is 1.60. The van der Waals surface area contributed by atoms with E-state index in [1.807, 2.05) is 11.9 Å². The first-order chi connectivity index (χ1) is 12.0. The van der Waals surface area contributed by atoms with Crippen molar-refractivity contribution < 1.29 is 18.3 Å². The largest absolute Gasteiger partial charge is 0.492 e. The zero-order valence-electron chi connectivity index (χ0n) is 14.2. The van der Waals surface area contributed by atoms with E-state index in [4.69, 9.17) is 14.9 Å². The van der Waals surface area contributed by atoms with Crippen molar-refractivity contribution in [1.29, 1.82) is 0 Å². The highest BCUT2D eigenvalue weighted by Crippen LogP contribution is 2.11. The maximum absolute atomic E-state index is 12.8. The molecule has 8 heteroatoms. The summed E-state index contributed by atoms with van der Waals surface area (Å²) in [7, 11) is 3.52. The number of hydrogen-bond acceptors (Lipinski definition) is 4. The summed E-state index contributed by atoms with van der Waals surface area (Å²) < 4.78 is 23.7. The van der Waals surface area contributed by atoms with Crippen LogP contribution >= 0.6 is 0 Å². The normalized spacial score (nSPS) is 11.2. The van der Waals surface area contributed by atoms with Crippen LogP contribution in [-0.4, -0.2) is 44.0 Å². The van der Waals surface area contributed by atoms with E-state index in [9.17, 15) is 9.18 Å². The van der Waals surface area contributed by atoms with E-state index in [-0.39, 0.29) is 11.6 Å². The molecule has 0 bridgehead atoms. The maximum atomic E-state index is 12.8. The van der Waals surface area contributed by atoms with Crippen LogP contribution in [-0.2, 0) is 6.54 Å². The lowest BCUT2D eigenvalue weighted by atomic mass is 10.3. The number of carbonyl (C=O) groups excluding carboxylic acids is 1. The molecule has 25 heavy (non-hydrogen) atoms. The SMILES string of the molecule is CN=C(NCc1ccc(C(N)=O)o1)N(C)CCOc1ccc(F)cc1. The molecule has 2 aromatic rings. The molecule has 0 aliphatic rings. The van der Waals surface area contributed by atoms with Crippen molar-refractivity contribution >= 4 is 11.9 Å². The Bertz CT molecular complexity index is 728. The third kappa shape index (κ3) is 5.52. The molecular weight excluding hydrogens is 327 g/mol. The van der Waals surface area contributed by atoms with Crippen LogP contribution in [0, 0.1) is 5.82 Å². The number of nitrogens with two attached hydrogens (primary N) is 1. The predicted molar refractivity (Wildman–Crippen MR) is 91.9 cm³/mol. The standard InChI is InChI=1S/C17H21FN4O3/c1-20-17(21-11-14-7-8-15(25-14)16(19)23)22(2)9-10-24-13-5-3-12(18)4-6-13/h3-8H,9-11H2,1-2H3,(H2,19,23)(H,20,21). The molecule has 0 aliphatic heterocycles. The third-order valence-corrected chi connectivity index (χ3v) is 3.41. The monoisotopic (exact) mass is 348 g/mol. The van der Waals surface area contributed by atoms with Gasteiger partial charge in [0.1, 0.15) is 23.9 Å². The van der Waals surface area contributed by atoms with Crippen molar-refractivity contribution in [1.82, 2.24) is 10.2 Å². The molecule has 0 aliphatic carbocycles. The number of nitrogens with zero attached hydrogens (tertiary/aromatic N) is 2. The quantitative estimate of drug-likeness (QED) is 0.586. The molecule has 1 heterocycles. The Kier molecular flexibility index (Phi) is 6.39. The molecule has 0 atom stereocenters. The van der Waals surface area contributed by atoms with Crippen LogP contribution in [0.5, 0.6) is 5.75 Å². The van der Waals surface area contributed by atoms with Crippen LogP contribution in [0.3, 0.4) is 0 Å². The van der Waals surface area contributed by atoms with Gasteiger partial charge in [-0.15, -0.1) is 0 Å². The summed E-state index contributed by atoms with van der Waals surface area (Å²) in [5, 5.41) is 3.12. The van der Waals surface area contributed by atoms with Crippen molar-refractivity contribution in [2.45, 2.75) is 6.54 Å². The van der Waals surface area contributed by atoms with Crippen LogP contribution in [0.25, 0.3) is 0 Å². The van der Waals surface area contributed by atoms with Gasteiger partial charge in [-0.3, -0.25) is 9.79 Å². The number of nitrogens with one attached hydrogen (secondary N) is 1. The van der Waals surface area contributed by atoms with Crippen LogP contribution in [0.4, 0.5) is 4.39 Å². The summed E-state index contributed by atoms with van der Waals surface area (Å²) in [6, 6.07) is 9.07. The average Bonchev–Trinajstić information content (AvgIpc) is 3.06. The molecule has 1 aromatic carbocycles. The van der Waals surface area contributed by atoms with E-state index in [0.717, 1.165) is 0 Å². The molecule has 3 N–H and O–H groups in total. The van der Waals surface area contributed by atoms with E-state index in [1.165, 1.54) is 18.2 Å². The minimum Gasteiger partial charge on any atom is -0.492 e. The van der Waals surface area contributed by atoms with Crippen molar-refractivity contribution in [2.75, 3.05) is 27.2 Å². The van der Waals surface area contributed by atoms with Crippen LogP contribution in [0.15, 0.2) is 45.8 Å². The molecule has 0 saturated carbocycles. The molecule has 1 amide bonds. The Balaban J connectivity index is 1.78. The summed E-state index contributed by atoms with van der Waals surface area (Å²) in [4.78, 5) is 17.1. The molecule has 2 rings (SSSR count). The van der Waals surface area contributed by atoms with Crippen LogP contribution in [0.1, 0.15) is 16.3 Å². The smallest absolute Gasteiger partial charge is 0.284 e. The lowest BCUT2D eigenvalue weighted by Gasteiger charge is -2.21. The van der Waals surface area contributed by atoms with Crippen LogP contribution in [0.2, 0.25) is 0 Å². The summed E-state index contributed by atoms with van der Waals surface area (Å²) in [5.74, 6) is 1.03. The summed E-state index contributed by atoms with van der Waals surface area (Å²) >= 11 is 0. The Labute approximate surface area is 145 Å². The number of hydrogen-bond donors (Lipinski definition) is 2. The van der Waals surface area contributed by atoms with E-state index in [2.05, 4.69) is 10.3 Å². The van der Waals surface area contributed by atoms with Gasteiger partial charge in [0.15, 0.2) is 11.7 Å². The number of guanidine groups is 1. The fraction of sp³-hybridized carbons (Fsp3) is 0.294. The van der Waals surface area contributed by atoms with E-state index in [1.54, 1.807) is 25.2 Å². The fourth-order valence-corrected chi connectivity index (χ4v) is 2.09. The van der Waals surface area contributed by atoms with Gasteiger partial charge in [-0.05, 0) is 36.4 Å². The zero-order chi connectivity index (χ0) is 18.2. The first-order valence-electron chi connectivity index (χ1n) is 7.68. The van der Waals surface area contributed by atoms with Crippen LogP contribution < -0.4 is 15.8 Å². The number of furan rings is 1. The van der Waals surface area contributed by atoms with Crippen molar-refractivity contribution in [3.63, 3.8) is 0 Å².